The molecule has 1 saturated heterocycles. The van der Waals surface area contributed by atoms with Crippen LogP contribution in [0.1, 0.15) is 0 Å². The second-order valence-electron chi connectivity index (χ2n) is 2.19. The lowest BCUT2D eigenvalue weighted by molar-refractivity contribution is -0.149. The van der Waals surface area contributed by atoms with Gasteiger partial charge >= 0.3 is 0 Å². The van der Waals surface area contributed by atoms with Gasteiger partial charge in [-0.25, -0.2) is 0 Å². The predicted octanol–water partition coefficient (Wildman–Crippen LogP) is -0.515. The van der Waals surface area contributed by atoms with Gasteiger partial charge in [-0.1, -0.05) is 0 Å². The van der Waals surface area contributed by atoms with Crippen molar-refractivity contribution in [3.8, 4) is 0 Å². The van der Waals surface area contributed by atoms with Gasteiger partial charge in [0.25, 0.3) is 0 Å². The third-order valence-electron chi connectivity index (χ3n) is 1.75. The number of hydrogen-bond acceptors (Lipinski definition) is 2. The minimum atomic E-state index is 0.153. The maximum absolute atomic E-state index is 10.7. The Labute approximate surface area is 47.0 Å². The number of rotatable bonds is 0. The van der Waals surface area contributed by atoms with Crippen LogP contribution in [0.3, 0.4) is 0 Å². The van der Waals surface area contributed by atoms with Crippen molar-refractivity contribution >= 4 is 12.1 Å². The molecule has 1 fully saturated rings. The van der Waals surface area contributed by atoms with E-state index in [0.717, 1.165) is 0 Å². The van der Waals surface area contributed by atoms with Crippen LogP contribution in [0.4, 0.5) is 0 Å². The van der Waals surface area contributed by atoms with Gasteiger partial charge in [-0.2, -0.15) is 0 Å². The van der Waals surface area contributed by atoms with Crippen molar-refractivity contribution < 1.29 is 4.79 Å². The molecule has 3 heteroatoms. The van der Waals surface area contributed by atoms with Gasteiger partial charge in [0, 0.05) is 13.3 Å². The van der Waals surface area contributed by atoms with Crippen molar-refractivity contribution in [1.82, 2.24) is 4.90 Å². The zero-order chi connectivity index (χ0) is 5.72. The number of hydrogen-bond donors (Lipinski definition) is 0. The van der Waals surface area contributed by atoms with Crippen LogP contribution in [0.15, 0.2) is 4.99 Å². The number of likely N-dealkylation sites (tertiary alicyclic amines) is 1. The number of carbonyl (C=O) groups is 1. The zero-order valence-corrected chi connectivity index (χ0v) is 4.53. The summed E-state index contributed by atoms with van der Waals surface area (Å²) in [6, 6.07) is 0. The van der Waals surface area contributed by atoms with Crippen LogP contribution < -0.4 is 0 Å². The van der Waals surface area contributed by atoms with E-state index < -0.39 is 0 Å². The average molecular weight is 110 g/mol. The molecule has 0 aromatic heterocycles. The van der Waals surface area contributed by atoms with Crippen LogP contribution in [0.2, 0.25) is 0 Å². The molecule has 2 heterocycles. The molecule has 0 saturated carbocycles. The summed E-state index contributed by atoms with van der Waals surface area (Å²) < 4.78 is 0. The molecule has 42 valence electrons. The Kier molecular flexibility index (Phi) is 0.477. The van der Waals surface area contributed by atoms with Crippen LogP contribution in [-0.2, 0) is 4.79 Å². The normalized spacial score (nSPS) is 40.6. The van der Waals surface area contributed by atoms with Gasteiger partial charge in [0.2, 0.25) is 5.91 Å². The number of amides is 1. The summed E-state index contributed by atoms with van der Waals surface area (Å²) >= 11 is 0. The smallest absolute Gasteiger partial charge is 0.236 e. The summed E-state index contributed by atoms with van der Waals surface area (Å²) in [7, 11) is 1.78. The van der Waals surface area contributed by atoms with Gasteiger partial charge in [-0.05, 0) is 0 Å². The van der Waals surface area contributed by atoms with E-state index in [-0.39, 0.29) is 18.0 Å². The highest BCUT2D eigenvalue weighted by Gasteiger charge is 2.48. The summed E-state index contributed by atoms with van der Waals surface area (Å²) in [5.74, 6) is 0.366. The third-order valence-corrected chi connectivity index (χ3v) is 1.75. The maximum Gasteiger partial charge on any atom is 0.236 e. The fraction of sp³-hybridized carbons (Fsp3) is 0.600. The van der Waals surface area contributed by atoms with Crippen LogP contribution in [0.25, 0.3) is 0 Å². The van der Waals surface area contributed by atoms with E-state index in [9.17, 15) is 4.79 Å². The first-order valence-electron chi connectivity index (χ1n) is 2.60. The largest absolute Gasteiger partial charge is 0.322 e. The van der Waals surface area contributed by atoms with E-state index in [1.54, 1.807) is 18.2 Å². The van der Waals surface area contributed by atoms with Crippen molar-refractivity contribution in [3.05, 3.63) is 0 Å². The third kappa shape index (κ3) is 0.217. The van der Waals surface area contributed by atoms with Gasteiger partial charge < -0.3 is 4.90 Å². The molecule has 0 aromatic carbocycles. The van der Waals surface area contributed by atoms with Crippen LogP contribution in [-0.4, -0.2) is 30.2 Å². The molecular formula is C5H6N2O. The van der Waals surface area contributed by atoms with Gasteiger partial charge in [-0.15, -0.1) is 0 Å². The fourth-order valence-corrected chi connectivity index (χ4v) is 1.06. The van der Waals surface area contributed by atoms with E-state index in [0.29, 0.717) is 0 Å². The maximum atomic E-state index is 10.7. The molecule has 0 bridgehead atoms. The molecule has 0 aromatic rings. The van der Waals surface area contributed by atoms with Crippen molar-refractivity contribution in [3.63, 3.8) is 0 Å². The van der Waals surface area contributed by atoms with Crippen LogP contribution >= 0.6 is 0 Å². The molecule has 2 aliphatic rings. The highest BCUT2D eigenvalue weighted by Crippen LogP contribution is 2.30. The number of carbonyl (C=O) groups excluding carboxylic acids is 1. The molecule has 1 amide bonds. The van der Waals surface area contributed by atoms with Gasteiger partial charge in [0.05, 0.1) is 0 Å². The van der Waals surface area contributed by atoms with E-state index in [4.69, 9.17) is 0 Å². The Morgan fingerprint density at radius 2 is 2.62 bits per heavy atom. The quantitative estimate of drug-likeness (QED) is 0.386. The predicted molar refractivity (Wildman–Crippen MR) is 28.5 cm³/mol. The highest BCUT2D eigenvalue weighted by molar-refractivity contribution is 6.03. The molecule has 0 N–H and O–H groups in total. The summed E-state index contributed by atoms with van der Waals surface area (Å²) in [4.78, 5) is 16.3. The van der Waals surface area contributed by atoms with Crippen molar-refractivity contribution in [2.24, 2.45) is 10.9 Å². The van der Waals surface area contributed by atoms with Gasteiger partial charge in [0.1, 0.15) is 12.1 Å². The molecule has 0 spiro atoms. The highest BCUT2D eigenvalue weighted by atomic mass is 16.2. The topological polar surface area (TPSA) is 32.7 Å². The number of β-lactam (4-membered cyclic amide) rings is 1. The molecule has 3 nitrogen and oxygen atoms in total. The SMILES string of the molecule is CN1C(=O)C2C=NC21. The Bertz CT molecular complexity index is 175. The van der Waals surface area contributed by atoms with Crippen molar-refractivity contribution in [2.75, 3.05) is 7.05 Å². The number of fused-ring (bicyclic) bond motifs is 1. The average Bonchev–Trinajstić information content (AvgIpc) is 1.64. The van der Waals surface area contributed by atoms with E-state index in [2.05, 4.69) is 4.99 Å². The molecule has 2 unspecified atom stereocenters. The minimum absolute atomic E-state index is 0.153. The molecule has 0 aliphatic carbocycles. The lowest BCUT2D eigenvalue weighted by Gasteiger charge is -2.45. The molecule has 0 radical (unpaired) electrons. The first-order valence-corrected chi connectivity index (χ1v) is 2.60. The summed E-state index contributed by atoms with van der Waals surface area (Å²) in [6.45, 7) is 0. The molecule has 2 rings (SSSR count). The fourth-order valence-electron chi connectivity index (χ4n) is 1.06. The van der Waals surface area contributed by atoms with Crippen LogP contribution in [0.5, 0.6) is 0 Å². The second kappa shape index (κ2) is 0.940. The van der Waals surface area contributed by atoms with E-state index >= 15 is 0 Å². The molecule has 8 heavy (non-hydrogen) atoms. The monoisotopic (exact) mass is 110 g/mol. The zero-order valence-electron chi connectivity index (χ0n) is 4.53. The number of nitrogens with zero attached hydrogens (tertiary/aromatic N) is 2. The van der Waals surface area contributed by atoms with E-state index in [1.807, 2.05) is 0 Å². The van der Waals surface area contributed by atoms with Crippen LogP contribution in [0, 0.1) is 5.92 Å². The standard InChI is InChI=1S/C5H6N2O/c1-7-4-3(2-6-4)5(7)8/h2-4H,1H3. The first-order chi connectivity index (χ1) is 3.80. The summed E-state index contributed by atoms with van der Waals surface area (Å²) in [5.41, 5.74) is 0. The van der Waals surface area contributed by atoms with Crippen molar-refractivity contribution in [1.29, 1.82) is 0 Å². The Morgan fingerprint density at radius 3 is 2.75 bits per heavy atom. The molecule has 2 aliphatic heterocycles. The lowest BCUT2D eigenvalue weighted by Crippen LogP contribution is -2.63. The first kappa shape index (κ1) is 4.06. The minimum Gasteiger partial charge on any atom is -0.322 e. The van der Waals surface area contributed by atoms with Crippen molar-refractivity contribution in [2.45, 2.75) is 6.17 Å². The lowest BCUT2D eigenvalue weighted by atomic mass is 9.91. The summed E-state index contributed by atoms with van der Waals surface area (Å²) in [6.07, 6.45) is 1.93. The van der Waals surface area contributed by atoms with E-state index in [1.165, 1.54) is 0 Å². The second-order valence-corrected chi connectivity index (χ2v) is 2.19. The molecular weight excluding hydrogens is 104 g/mol. The molecule has 2 atom stereocenters. The Hall–Kier alpha value is -0.860. The Morgan fingerprint density at radius 1 is 1.88 bits per heavy atom. The van der Waals surface area contributed by atoms with Gasteiger partial charge in [-0.3, -0.25) is 9.79 Å². The number of aliphatic imine (C=N–C) groups is 1. The summed E-state index contributed by atoms with van der Waals surface area (Å²) in [5, 5.41) is 0. The Balaban J connectivity index is 2.27. The van der Waals surface area contributed by atoms with Gasteiger partial charge in [0.15, 0.2) is 0 Å².